The number of Topliss-reactive ketones (excluding diaryl/α,β-unsaturated/α-hetero) is 1. The van der Waals surface area contributed by atoms with Crippen molar-refractivity contribution in [3.63, 3.8) is 0 Å². The van der Waals surface area contributed by atoms with Crippen LogP contribution in [0.15, 0.2) is 30.6 Å². The van der Waals surface area contributed by atoms with E-state index in [2.05, 4.69) is 27.7 Å². The van der Waals surface area contributed by atoms with Gasteiger partial charge in [0, 0.05) is 12.3 Å². The van der Waals surface area contributed by atoms with Crippen molar-refractivity contribution in [2.75, 3.05) is 0 Å². The Morgan fingerprint density at radius 2 is 2.22 bits per heavy atom. The Labute approximate surface area is 116 Å². The lowest BCUT2D eigenvalue weighted by Gasteiger charge is -2.04. The molecule has 0 unspecified atom stereocenters. The number of halogens is 1. The van der Waals surface area contributed by atoms with Crippen LogP contribution in [0.1, 0.15) is 17.3 Å². The van der Waals surface area contributed by atoms with Crippen LogP contribution in [0, 0.1) is 13.7 Å². The number of ketones is 1. The highest BCUT2D eigenvalue weighted by Gasteiger charge is 2.18. The van der Waals surface area contributed by atoms with Crippen LogP contribution < -0.4 is 0 Å². The summed E-state index contributed by atoms with van der Waals surface area (Å²) in [6, 6.07) is 4.36. The standard InChI is InChI=1S/C11H8IN3O3/c1-7(16)10-4-9(2-3-11(10)15(17)18)14-6-8(12)5-13-14/h2-6H,1H3. The quantitative estimate of drug-likeness (QED) is 0.366. The molecule has 1 heterocycles. The fourth-order valence-electron chi connectivity index (χ4n) is 1.55. The summed E-state index contributed by atoms with van der Waals surface area (Å²) in [5, 5.41) is 14.9. The second-order valence-electron chi connectivity index (χ2n) is 3.62. The van der Waals surface area contributed by atoms with Crippen molar-refractivity contribution >= 4 is 34.1 Å². The lowest BCUT2D eigenvalue weighted by atomic mass is 10.1. The highest BCUT2D eigenvalue weighted by Crippen LogP contribution is 2.22. The van der Waals surface area contributed by atoms with E-state index in [0.29, 0.717) is 5.69 Å². The van der Waals surface area contributed by atoms with Crippen LogP contribution in [0.25, 0.3) is 5.69 Å². The van der Waals surface area contributed by atoms with E-state index in [1.54, 1.807) is 23.1 Å². The van der Waals surface area contributed by atoms with E-state index in [-0.39, 0.29) is 17.0 Å². The molecule has 2 rings (SSSR count). The largest absolute Gasteiger partial charge is 0.294 e. The van der Waals surface area contributed by atoms with Gasteiger partial charge in [-0.3, -0.25) is 14.9 Å². The van der Waals surface area contributed by atoms with E-state index in [1.165, 1.54) is 19.1 Å². The summed E-state index contributed by atoms with van der Waals surface area (Å²) in [4.78, 5) is 21.7. The molecule has 7 heteroatoms. The Morgan fingerprint density at radius 1 is 1.50 bits per heavy atom. The van der Waals surface area contributed by atoms with Gasteiger partial charge in [0.2, 0.25) is 0 Å². The summed E-state index contributed by atoms with van der Waals surface area (Å²) in [7, 11) is 0. The zero-order valence-corrected chi connectivity index (χ0v) is 11.5. The van der Waals surface area contributed by atoms with E-state index in [0.717, 1.165) is 3.57 Å². The molecule has 0 fully saturated rings. The molecular weight excluding hydrogens is 349 g/mol. The van der Waals surface area contributed by atoms with Gasteiger partial charge in [-0.2, -0.15) is 5.10 Å². The van der Waals surface area contributed by atoms with Crippen molar-refractivity contribution in [1.29, 1.82) is 0 Å². The average Bonchev–Trinajstić information content (AvgIpc) is 2.75. The van der Waals surface area contributed by atoms with Crippen LogP contribution in [0.5, 0.6) is 0 Å². The maximum absolute atomic E-state index is 11.4. The number of nitro groups is 1. The van der Waals surface area contributed by atoms with E-state index in [4.69, 9.17) is 0 Å². The van der Waals surface area contributed by atoms with Crippen molar-refractivity contribution in [2.45, 2.75) is 6.92 Å². The Hall–Kier alpha value is -1.77. The number of aromatic nitrogens is 2. The number of nitro benzene ring substituents is 1. The van der Waals surface area contributed by atoms with Crippen LogP contribution >= 0.6 is 22.6 Å². The molecule has 0 spiro atoms. The maximum Gasteiger partial charge on any atom is 0.280 e. The molecule has 0 aliphatic rings. The zero-order chi connectivity index (χ0) is 13.3. The number of benzene rings is 1. The maximum atomic E-state index is 11.4. The van der Waals surface area contributed by atoms with Crippen LogP contribution in [-0.2, 0) is 0 Å². The summed E-state index contributed by atoms with van der Waals surface area (Å²) in [6.45, 7) is 1.30. The third-order valence-electron chi connectivity index (χ3n) is 2.37. The molecule has 0 amide bonds. The first-order chi connectivity index (χ1) is 8.49. The second-order valence-corrected chi connectivity index (χ2v) is 4.86. The lowest BCUT2D eigenvalue weighted by molar-refractivity contribution is -0.385. The van der Waals surface area contributed by atoms with Gasteiger partial charge in [0.1, 0.15) is 0 Å². The number of carbonyl (C=O) groups excluding carboxylic acids is 1. The highest BCUT2D eigenvalue weighted by molar-refractivity contribution is 14.1. The normalized spacial score (nSPS) is 10.3. The zero-order valence-electron chi connectivity index (χ0n) is 9.33. The lowest BCUT2D eigenvalue weighted by Crippen LogP contribution is -2.03. The highest BCUT2D eigenvalue weighted by atomic mass is 127. The number of nitrogens with zero attached hydrogens (tertiary/aromatic N) is 3. The molecule has 1 aromatic carbocycles. The first kappa shape index (κ1) is 12.7. The van der Waals surface area contributed by atoms with E-state index in [9.17, 15) is 14.9 Å². The molecule has 0 saturated heterocycles. The first-order valence-corrected chi connectivity index (χ1v) is 6.07. The minimum absolute atomic E-state index is 0.0861. The molecule has 18 heavy (non-hydrogen) atoms. The van der Waals surface area contributed by atoms with E-state index < -0.39 is 4.92 Å². The fourth-order valence-corrected chi connectivity index (χ4v) is 1.94. The summed E-state index contributed by atoms with van der Waals surface area (Å²) >= 11 is 2.11. The minimum atomic E-state index is -0.562. The van der Waals surface area contributed by atoms with Crippen LogP contribution in [0.2, 0.25) is 0 Å². The molecule has 92 valence electrons. The predicted octanol–water partition coefficient (Wildman–Crippen LogP) is 2.59. The van der Waals surface area contributed by atoms with Crippen molar-refractivity contribution < 1.29 is 9.72 Å². The van der Waals surface area contributed by atoms with Gasteiger partial charge in [0.05, 0.1) is 25.9 Å². The van der Waals surface area contributed by atoms with Crippen LogP contribution in [0.4, 0.5) is 5.69 Å². The van der Waals surface area contributed by atoms with Gasteiger partial charge in [0.25, 0.3) is 5.69 Å². The molecule has 0 radical (unpaired) electrons. The van der Waals surface area contributed by atoms with Gasteiger partial charge in [-0.05, 0) is 41.6 Å². The van der Waals surface area contributed by atoms with Gasteiger partial charge in [-0.1, -0.05) is 0 Å². The van der Waals surface area contributed by atoms with E-state index in [1.807, 2.05) is 0 Å². The minimum Gasteiger partial charge on any atom is -0.294 e. The van der Waals surface area contributed by atoms with Crippen molar-refractivity contribution in [2.24, 2.45) is 0 Å². The second kappa shape index (κ2) is 4.84. The SMILES string of the molecule is CC(=O)c1cc(-n2cc(I)cn2)ccc1[N+](=O)[O-]. The molecule has 0 saturated carbocycles. The number of rotatable bonds is 3. The Morgan fingerprint density at radius 3 is 2.72 bits per heavy atom. The fraction of sp³-hybridized carbons (Fsp3) is 0.0909. The molecular formula is C11H8IN3O3. The van der Waals surface area contributed by atoms with E-state index >= 15 is 0 Å². The molecule has 0 atom stereocenters. The Bertz CT molecular complexity index is 636. The number of carbonyl (C=O) groups is 1. The topological polar surface area (TPSA) is 78.0 Å². The summed E-state index contributed by atoms with van der Waals surface area (Å²) < 4.78 is 2.51. The Kier molecular flexibility index (Phi) is 3.41. The molecule has 6 nitrogen and oxygen atoms in total. The number of hydrogen-bond acceptors (Lipinski definition) is 4. The van der Waals surface area contributed by atoms with Gasteiger partial charge < -0.3 is 0 Å². The summed E-state index contributed by atoms with van der Waals surface area (Å²) in [5.41, 5.74) is 0.518. The molecule has 0 aliphatic carbocycles. The van der Waals surface area contributed by atoms with Crippen molar-refractivity contribution in [3.05, 3.63) is 49.8 Å². The third-order valence-corrected chi connectivity index (χ3v) is 2.93. The summed E-state index contributed by atoms with van der Waals surface area (Å²) in [5.74, 6) is -0.342. The summed E-state index contributed by atoms with van der Waals surface area (Å²) in [6.07, 6.45) is 3.43. The Balaban J connectivity index is 2.56. The predicted molar refractivity (Wildman–Crippen MR) is 72.9 cm³/mol. The van der Waals surface area contributed by atoms with Gasteiger partial charge >= 0.3 is 0 Å². The smallest absolute Gasteiger partial charge is 0.280 e. The van der Waals surface area contributed by atoms with Crippen LogP contribution in [0.3, 0.4) is 0 Å². The molecule has 0 bridgehead atoms. The number of hydrogen-bond donors (Lipinski definition) is 0. The van der Waals surface area contributed by atoms with Crippen molar-refractivity contribution in [1.82, 2.24) is 9.78 Å². The van der Waals surface area contributed by atoms with Gasteiger partial charge in [-0.25, -0.2) is 4.68 Å². The third kappa shape index (κ3) is 2.40. The molecule has 2 aromatic rings. The molecule has 0 N–H and O–H groups in total. The van der Waals surface area contributed by atoms with Gasteiger partial charge in [0.15, 0.2) is 5.78 Å². The average molecular weight is 357 g/mol. The van der Waals surface area contributed by atoms with Crippen LogP contribution in [-0.4, -0.2) is 20.5 Å². The molecule has 0 aliphatic heterocycles. The van der Waals surface area contributed by atoms with Gasteiger partial charge in [-0.15, -0.1) is 0 Å². The first-order valence-electron chi connectivity index (χ1n) is 4.99. The monoisotopic (exact) mass is 357 g/mol. The van der Waals surface area contributed by atoms with Crippen molar-refractivity contribution in [3.8, 4) is 5.69 Å². The molecule has 1 aromatic heterocycles.